The predicted octanol–water partition coefficient (Wildman–Crippen LogP) is 1.42. The fourth-order valence-corrected chi connectivity index (χ4v) is 0.720. The lowest BCUT2D eigenvalue weighted by molar-refractivity contribution is 0.584. The molecule has 54 valence electrons. The van der Waals surface area contributed by atoms with E-state index >= 15 is 0 Å². The highest BCUT2D eigenvalue weighted by molar-refractivity contribution is 5.42. The van der Waals surface area contributed by atoms with Crippen LogP contribution in [0.3, 0.4) is 0 Å². The van der Waals surface area contributed by atoms with Crippen molar-refractivity contribution in [3.63, 3.8) is 0 Å². The van der Waals surface area contributed by atoms with Gasteiger partial charge in [-0.05, 0) is 31.0 Å². The number of hydrogen-bond donors (Lipinski definition) is 1. The summed E-state index contributed by atoms with van der Waals surface area (Å²) in [6.45, 7) is 3.62. The topological polar surface area (TPSA) is 38.9 Å². The second kappa shape index (κ2) is 2.25. The first-order valence-electron chi connectivity index (χ1n) is 3.00. The van der Waals surface area contributed by atoms with E-state index in [4.69, 9.17) is 5.73 Å². The zero-order valence-electron chi connectivity index (χ0n) is 5.98. The van der Waals surface area contributed by atoms with Crippen molar-refractivity contribution < 1.29 is 4.39 Å². The molecule has 1 rings (SSSR count). The van der Waals surface area contributed by atoms with Crippen molar-refractivity contribution in [2.24, 2.45) is 0 Å². The first kappa shape index (κ1) is 6.99. The second-order valence-corrected chi connectivity index (χ2v) is 2.27. The minimum Gasteiger partial charge on any atom is -0.383 e. The van der Waals surface area contributed by atoms with Crippen LogP contribution >= 0.6 is 0 Å². The van der Waals surface area contributed by atoms with Gasteiger partial charge in [0.25, 0.3) is 0 Å². The molecule has 0 saturated heterocycles. The number of halogens is 1. The summed E-state index contributed by atoms with van der Waals surface area (Å²) < 4.78 is 12.4. The molecule has 2 N–H and O–H groups in total. The van der Waals surface area contributed by atoms with Crippen LogP contribution < -0.4 is 5.73 Å². The molecule has 0 bridgehead atoms. The van der Waals surface area contributed by atoms with E-state index in [1.165, 1.54) is 6.07 Å². The van der Waals surface area contributed by atoms with Crippen LogP contribution in [0.1, 0.15) is 11.1 Å². The molecule has 0 atom stereocenters. The maximum Gasteiger partial charge on any atom is 0.215 e. The van der Waals surface area contributed by atoms with Crippen molar-refractivity contribution >= 4 is 5.82 Å². The summed E-state index contributed by atoms with van der Waals surface area (Å²) in [6.07, 6.45) is 0. The van der Waals surface area contributed by atoms with E-state index in [-0.39, 0.29) is 5.82 Å². The fourth-order valence-electron chi connectivity index (χ4n) is 0.720. The Bertz CT molecular complexity index is 235. The largest absolute Gasteiger partial charge is 0.383 e. The minimum atomic E-state index is -0.513. The van der Waals surface area contributed by atoms with Gasteiger partial charge in [-0.3, -0.25) is 0 Å². The summed E-state index contributed by atoms with van der Waals surface area (Å²) in [4.78, 5) is 3.45. The zero-order chi connectivity index (χ0) is 7.72. The fraction of sp³-hybridized carbons (Fsp3) is 0.286. The molecule has 3 heteroatoms. The molecule has 0 radical (unpaired) electrons. The van der Waals surface area contributed by atoms with Gasteiger partial charge < -0.3 is 5.73 Å². The van der Waals surface area contributed by atoms with Crippen LogP contribution in [0.5, 0.6) is 0 Å². The van der Waals surface area contributed by atoms with Crippen LogP contribution in [0, 0.1) is 19.8 Å². The number of nitrogens with two attached hydrogens (primary N) is 1. The molecule has 0 fully saturated rings. The lowest BCUT2D eigenvalue weighted by atomic mass is 10.2. The van der Waals surface area contributed by atoms with Crippen LogP contribution in [0.2, 0.25) is 0 Å². The lowest BCUT2D eigenvalue weighted by Gasteiger charge is -2.01. The molecule has 2 nitrogen and oxygen atoms in total. The van der Waals surface area contributed by atoms with Gasteiger partial charge in [-0.2, -0.15) is 4.39 Å². The number of aromatic nitrogens is 1. The van der Waals surface area contributed by atoms with Gasteiger partial charge in [-0.1, -0.05) is 0 Å². The normalized spacial score (nSPS) is 9.90. The van der Waals surface area contributed by atoms with Gasteiger partial charge in [0.15, 0.2) is 0 Å². The molecule has 1 aromatic rings. The monoisotopic (exact) mass is 140 g/mol. The highest BCUT2D eigenvalue weighted by Gasteiger charge is 2.00. The average molecular weight is 140 g/mol. The number of rotatable bonds is 0. The van der Waals surface area contributed by atoms with E-state index in [1.54, 1.807) is 6.92 Å². The molecule has 0 aliphatic rings. The number of hydrogen-bond acceptors (Lipinski definition) is 2. The van der Waals surface area contributed by atoms with Crippen molar-refractivity contribution in [1.29, 1.82) is 0 Å². The summed E-state index contributed by atoms with van der Waals surface area (Å²) in [5.74, 6) is -0.238. The van der Waals surface area contributed by atoms with Gasteiger partial charge in [0.1, 0.15) is 5.82 Å². The molecule has 0 amide bonds. The molecular weight excluding hydrogens is 131 g/mol. The van der Waals surface area contributed by atoms with E-state index in [2.05, 4.69) is 4.98 Å². The number of pyridine rings is 1. The van der Waals surface area contributed by atoms with Gasteiger partial charge in [-0.15, -0.1) is 0 Å². The van der Waals surface area contributed by atoms with Crippen molar-refractivity contribution in [2.45, 2.75) is 13.8 Å². The third-order valence-corrected chi connectivity index (χ3v) is 1.54. The molecule has 0 spiro atoms. The Balaban J connectivity index is 3.31. The van der Waals surface area contributed by atoms with Crippen molar-refractivity contribution in [2.75, 3.05) is 5.73 Å². The number of anilines is 1. The van der Waals surface area contributed by atoms with Crippen LogP contribution in [0.25, 0.3) is 0 Å². The quantitative estimate of drug-likeness (QED) is 0.553. The van der Waals surface area contributed by atoms with Crippen LogP contribution in [-0.4, -0.2) is 4.98 Å². The molecule has 1 aromatic heterocycles. The Morgan fingerprint density at radius 1 is 1.50 bits per heavy atom. The van der Waals surface area contributed by atoms with E-state index in [0.717, 1.165) is 11.1 Å². The second-order valence-electron chi connectivity index (χ2n) is 2.27. The predicted molar refractivity (Wildman–Crippen MR) is 38.1 cm³/mol. The summed E-state index contributed by atoms with van der Waals surface area (Å²) in [6, 6.07) is 1.37. The van der Waals surface area contributed by atoms with Crippen molar-refractivity contribution in [3.05, 3.63) is 23.1 Å². The summed E-state index contributed by atoms with van der Waals surface area (Å²) >= 11 is 0. The average Bonchev–Trinajstić information content (AvgIpc) is 1.82. The maximum absolute atomic E-state index is 12.4. The van der Waals surface area contributed by atoms with Crippen molar-refractivity contribution in [3.8, 4) is 0 Å². The van der Waals surface area contributed by atoms with E-state index in [9.17, 15) is 4.39 Å². The molecule has 0 saturated carbocycles. The van der Waals surface area contributed by atoms with E-state index in [1.807, 2.05) is 6.92 Å². The van der Waals surface area contributed by atoms with Gasteiger partial charge >= 0.3 is 0 Å². The molecule has 1 heterocycles. The Kier molecular flexibility index (Phi) is 1.57. The van der Waals surface area contributed by atoms with Crippen molar-refractivity contribution in [1.82, 2.24) is 4.98 Å². The molecule has 0 aromatic carbocycles. The Morgan fingerprint density at radius 2 is 2.10 bits per heavy atom. The van der Waals surface area contributed by atoms with Gasteiger partial charge in [0.05, 0.1) is 0 Å². The first-order chi connectivity index (χ1) is 4.61. The SMILES string of the molecule is Cc1cc(F)nc(N)c1C. The number of nitrogen functional groups attached to an aromatic ring is 1. The Labute approximate surface area is 58.9 Å². The van der Waals surface area contributed by atoms with E-state index < -0.39 is 5.95 Å². The molecular formula is C7H9FN2. The zero-order valence-corrected chi connectivity index (χ0v) is 5.98. The third kappa shape index (κ3) is 1.07. The highest BCUT2D eigenvalue weighted by Crippen LogP contribution is 2.12. The van der Waals surface area contributed by atoms with Gasteiger partial charge in [-0.25, -0.2) is 4.98 Å². The summed E-state index contributed by atoms with van der Waals surface area (Å²) in [5.41, 5.74) is 7.06. The minimum absolute atomic E-state index is 0.275. The first-order valence-corrected chi connectivity index (χ1v) is 3.00. The smallest absolute Gasteiger partial charge is 0.215 e. The lowest BCUT2D eigenvalue weighted by Crippen LogP contribution is -1.98. The van der Waals surface area contributed by atoms with Crippen LogP contribution in [0.15, 0.2) is 6.07 Å². The molecule has 0 aliphatic carbocycles. The Hall–Kier alpha value is -1.12. The maximum atomic E-state index is 12.4. The van der Waals surface area contributed by atoms with Gasteiger partial charge in [0, 0.05) is 0 Å². The third-order valence-electron chi connectivity index (χ3n) is 1.54. The number of nitrogens with zero attached hydrogens (tertiary/aromatic N) is 1. The van der Waals surface area contributed by atoms with Crippen LogP contribution in [0.4, 0.5) is 10.2 Å². The molecule has 0 aliphatic heterocycles. The van der Waals surface area contributed by atoms with Gasteiger partial charge in [0.2, 0.25) is 5.95 Å². The highest BCUT2D eigenvalue weighted by atomic mass is 19.1. The molecule has 0 unspecified atom stereocenters. The standard InChI is InChI=1S/C7H9FN2/c1-4-3-6(8)10-7(9)5(4)2/h3H,1-2H3,(H2,9,10). The summed E-state index contributed by atoms with van der Waals surface area (Å²) in [5, 5.41) is 0. The van der Waals surface area contributed by atoms with Crippen LogP contribution in [-0.2, 0) is 0 Å². The number of aryl methyl sites for hydroxylation is 1. The molecule has 10 heavy (non-hydrogen) atoms. The van der Waals surface area contributed by atoms with E-state index in [0.29, 0.717) is 0 Å². The Morgan fingerprint density at radius 3 is 2.60 bits per heavy atom. The summed E-state index contributed by atoms with van der Waals surface area (Å²) in [7, 11) is 0.